The molecule has 1 aromatic carbocycles. The Morgan fingerprint density at radius 2 is 2.00 bits per heavy atom. The molecule has 1 aliphatic heterocycles. The molecule has 1 aromatic heterocycles. The van der Waals surface area contributed by atoms with E-state index in [2.05, 4.69) is 0 Å². The molecule has 130 valence electrons. The average Bonchev–Trinajstić information content (AvgIpc) is 2.55. The summed E-state index contributed by atoms with van der Waals surface area (Å²) in [5.74, 6) is 0.196. The normalized spacial score (nSPS) is 30.5. The van der Waals surface area contributed by atoms with E-state index < -0.39 is 43.0 Å². The van der Waals surface area contributed by atoms with Crippen LogP contribution in [0.15, 0.2) is 33.5 Å². The highest BCUT2D eigenvalue weighted by Crippen LogP contribution is 2.28. The van der Waals surface area contributed by atoms with E-state index in [4.69, 9.17) is 19.0 Å². The summed E-state index contributed by atoms with van der Waals surface area (Å²) in [4.78, 5) is 11.4. The summed E-state index contributed by atoms with van der Waals surface area (Å²) in [5, 5.41) is 29.4. The molecular formula is C16H17FO7. The van der Waals surface area contributed by atoms with Gasteiger partial charge < -0.3 is 29.2 Å². The standard InChI is InChI=1S/C16H17FO7/c1-7-4-12(19)23-10-5-8(2-3-9(7)10)22-16-15(21)14(20)13(17)11(6-18)24-16/h2-5,11,13-16,18,20-21H,6H2,1H3/t11?,13-,14?,15+,16-/m0/s1. The Labute approximate surface area is 135 Å². The number of hydrogen-bond acceptors (Lipinski definition) is 7. The van der Waals surface area contributed by atoms with Gasteiger partial charge in [-0.25, -0.2) is 9.18 Å². The number of aliphatic hydroxyl groups is 3. The average molecular weight is 340 g/mol. The molecule has 24 heavy (non-hydrogen) atoms. The second-order valence-corrected chi connectivity index (χ2v) is 5.68. The fourth-order valence-electron chi connectivity index (χ4n) is 2.65. The van der Waals surface area contributed by atoms with Crippen molar-refractivity contribution in [1.82, 2.24) is 0 Å². The summed E-state index contributed by atoms with van der Waals surface area (Å²) in [7, 11) is 0. The number of benzene rings is 1. The van der Waals surface area contributed by atoms with Gasteiger partial charge in [-0.05, 0) is 24.6 Å². The first-order valence-electron chi connectivity index (χ1n) is 7.38. The molecule has 0 saturated carbocycles. The number of fused-ring (bicyclic) bond motifs is 1. The Morgan fingerprint density at radius 3 is 2.71 bits per heavy atom. The molecule has 2 aromatic rings. The molecule has 0 aliphatic carbocycles. The van der Waals surface area contributed by atoms with E-state index in [-0.39, 0.29) is 11.3 Å². The van der Waals surface area contributed by atoms with Crippen LogP contribution in [0.2, 0.25) is 0 Å². The second-order valence-electron chi connectivity index (χ2n) is 5.68. The first-order chi connectivity index (χ1) is 11.4. The maximum absolute atomic E-state index is 13.7. The van der Waals surface area contributed by atoms with Gasteiger partial charge in [-0.3, -0.25) is 0 Å². The number of hydrogen-bond donors (Lipinski definition) is 3. The molecule has 0 bridgehead atoms. The lowest BCUT2D eigenvalue weighted by Gasteiger charge is -2.38. The maximum Gasteiger partial charge on any atom is 0.336 e. The highest BCUT2D eigenvalue weighted by molar-refractivity contribution is 5.81. The Bertz CT molecular complexity index is 788. The van der Waals surface area contributed by atoms with Crippen LogP contribution in [0.4, 0.5) is 4.39 Å². The van der Waals surface area contributed by atoms with Crippen molar-refractivity contribution in [1.29, 1.82) is 0 Å². The summed E-state index contributed by atoms with van der Waals surface area (Å²) in [6.45, 7) is 1.09. The second kappa shape index (κ2) is 6.48. The molecule has 1 saturated heterocycles. The fraction of sp³-hybridized carbons (Fsp3) is 0.438. The van der Waals surface area contributed by atoms with Gasteiger partial charge in [0.05, 0.1) is 6.61 Å². The fourth-order valence-corrected chi connectivity index (χ4v) is 2.65. The Balaban J connectivity index is 1.87. The van der Waals surface area contributed by atoms with Gasteiger partial charge in [0.2, 0.25) is 6.29 Å². The van der Waals surface area contributed by atoms with Crippen molar-refractivity contribution in [3.05, 3.63) is 40.2 Å². The van der Waals surface area contributed by atoms with Crippen molar-refractivity contribution < 1.29 is 33.6 Å². The van der Waals surface area contributed by atoms with E-state index in [0.717, 1.165) is 5.56 Å². The van der Waals surface area contributed by atoms with Crippen molar-refractivity contribution in [2.45, 2.75) is 37.7 Å². The topological polar surface area (TPSA) is 109 Å². The van der Waals surface area contributed by atoms with Crippen LogP contribution in [0.5, 0.6) is 5.75 Å². The third-order valence-electron chi connectivity index (χ3n) is 3.97. The van der Waals surface area contributed by atoms with Crippen molar-refractivity contribution in [3.63, 3.8) is 0 Å². The monoisotopic (exact) mass is 340 g/mol. The predicted molar refractivity (Wildman–Crippen MR) is 80.5 cm³/mol. The zero-order valence-corrected chi connectivity index (χ0v) is 12.8. The first kappa shape index (κ1) is 16.8. The van der Waals surface area contributed by atoms with Gasteiger partial charge in [-0.2, -0.15) is 0 Å². The SMILES string of the molecule is Cc1cc(=O)oc2cc(O[C@H]3OC(CO)[C@H](F)C(O)[C@H]3O)ccc12. The zero-order chi connectivity index (χ0) is 17.4. The Kier molecular flexibility index (Phi) is 4.55. The number of aliphatic hydroxyl groups excluding tert-OH is 3. The number of alkyl halides is 1. The van der Waals surface area contributed by atoms with E-state index in [1.165, 1.54) is 12.1 Å². The highest BCUT2D eigenvalue weighted by Gasteiger charge is 2.45. The summed E-state index contributed by atoms with van der Waals surface area (Å²) in [6, 6.07) is 6.02. The van der Waals surface area contributed by atoms with Crippen molar-refractivity contribution in [2.75, 3.05) is 6.61 Å². The molecule has 2 unspecified atom stereocenters. The molecule has 3 rings (SSSR count). The van der Waals surface area contributed by atoms with Crippen molar-refractivity contribution >= 4 is 11.0 Å². The number of ether oxygens (including phenoxy) is 2. The van der Waals surface area contributed by atoms with Crippen molar-refractivity contribution in [3.8, 4) is 5.75 Å². The highest BCUT2D eigenvalue weighted by atomic mass is 19.1. The van der Waals surface area contributed by atoms with E-state index in [9.17, 15) is 19.4 Å². The molecule has 7 nitrogen and oxygen atoms in total. The summed E-state index contributed by atoms with van der Waals surface area (Å²) in [6.07, 6.45) is -8.00. The first-order valence-corrected chi connectivity index (χ1v) is 7.38. The molecule has 3 N–H and O–H groups in total. The lowest BCUT2D eigenvalue weighted by atomic mass is 10.0. The van der Waals surface area contributed by atoms with Gasteiger partial charge in [-0.1, -0.05) is 0 Å². The molecule has 0 spiro atoms. The number of rotatable bonds is 3. The minimum absolute atomic E-state index is 0.196. The smallest absolute Gasteiger partial charge is 0.336 e. The number of aryl methyl sites for hydroxylation is 1. The predicted octanol–water partition coefficient (Wildman–Crippen LogP) is 0.257. The third kappa shape index (κ3) is 3.01. The third-order valence-corrected chi connectivity index (χ3v) is 3.97. The number of halogens is 1. The van der Waals surface area contributed by atoms with Crippen LogP contribution in [0.25, 0.3) is 11.0 Å². The van der Waals surface area contributed by atoms with Crippen LogP contribution in [0, 0.1) is 6.92 Å². The molecule has 8 heteroatoms. The van der Waals surface area contributed by atoms with Crippen molar-refractivity contribution in [2.24, 2.45) is 0 Å². The molecule has 5 atom stereocenters. The van der Waals surface area contributed by atoms with Gasteiger partial charge in [0.1, 0.15) is 29.6 Å². The van der Waals surface area contributed by atoms with Crippen LogP contribution in [0.1, 0.15) is 5.56 Å². The van der Waals surface area contributed by atoms with Crippen LogP contribution in [-0.2, 0) is 4.74 Å². The summed E-state index contributed by atoms with van der Waals surface area (Å²) < 4.78 is 29.4. The maximum atomic E-state index is 13.7. The van der Waals surface area contributed by atoms with Gasteiger partial charge in [0.25, 0.3) is 0 Å². The van der Waals surface area contributed by atoms with Crippen LogP contribution in [0.3, 0.4) is 0 Å². The van der Waals surface area contributed by atoms with Gasteiger partial charge in [-0.15, -0.1) is 0 Å². The molecule has 0 radical (unpaired) electrons. The van der Waals surface area contributed by atoms with E-state index >= 15 is 0 Å². The van der Waals surface area contributed by atoms with E-state index in [1.54, 1.807) is 19.1 Å². The van der Waals surface area contributed by atoms with E-state index in [0.29, 0.717) is 5.39 Å². The minimum atomic E-state index is -1.93. The van der Waals surface area contributed by atoms with Gasteiger partial charge >= 0.3 is 5.63 Å². The molecule has 0 amide bonds. The quantitative estimate of drug-likeness (QED) is 0.688. The zero-order valence-electron chi connectivity index (χ0n) is 12.8. The van der Waals surface area contributed by atoms with Gasteiger partial charge in [0, 0.05) is 17.5 Å². The van der Waals surface area contributed by atoms with Gasteiger partial charge in [0.15, 0.2) is 6.17 Å². The lowest BCUT2D eigenvalue weighted by Crippen LogP contribution is -2.58. The van der Waals surface area contributed by atoms with Crippen LogP contribution < -0.4 is 10.4 Å². The molecule has 1 fully saturated rings. The Hall–Kier alpha value is -2.00. The lowest BCUT2D eigenvalue weighted by molar-refractivity contribution is -0.265. The van der Waals surface area contributed by atoms with E-state index in [1.807, 2.05) is 0 Å². The van der Waals surface area contributed by atoms with Crippen LogP contribution in [-0.4, -0.2) is 52.7 Å². The van der Waals surface area contributed by atoms with Crippen LogP contribution >= 0.6 is 0 Å². The molecular weight excluding hydrogens is 323 g/mol. The largest absolute Gasteiger partial charge is 0.462 e. The Morgan fingerprint density at radius 1 is 1.25 bits per heavy atom. The molecule has 1 aliphatic rings. The summed E-state index contributed by atoms with van der Waals surface area (Å²) >= 11 is 0. The minimum Gasteiger partial charge on any atom is -0.462 e. The summed E-state index contributed by atoms with van der Waals surface area (Å²) in [5.41, 5.74) is 0.505. The molecule has 2 heterocycles.